The maximum absolute atomic E-state index is 12.3. The minimum absolute atomic E-state index is 0.115. The van der Waals surface area contributed by atoms with Gasteiger partial charge in [0.15, 0.2) is 5.78 Å². The first-order valence-corrected chi connectivity index (χ1v) is 10.8. The van der Waals surface area contributed by atoms with E-state index in [1.165, 1.54) is 18.4 Å². The molecule has 4 nitrogen and oxygen atoms in total. The second-order valence-electron chi connectivity index (χ2n) is 8.98. The van der Waals surface area contributed by atoms with Crippen molar-refractivity contribution in [2.24, 2.45) is 23.7 Å². The maximum Gasteiger partial charge on any atom is 0.222 e. The van der Waals surface area contributed by atoms with E-state index in [0.29, 0.717) is 18.3 Å². The third kappa shape index (κ3) is 5.10. The molecule has 2 saturated carbocycles. The molecule has 4 heteroatoms. The normalized spacial score (nSPS) is 30.7. The lowest BCUT2D eigenvalue weighted by atomic mass is 9.88. The fraction of sp³-hybridized carbons (Fsp3) is 0.739. The van der Waals surface area contributed by atoms with Gasteiger partial charge in [-0.25, -0.2) is 0 Å². The average Bonchev–Trinajstić information content (AvgIpc) is 3.33. The van der Waals surface area contributed by atoms with Gasteiger partial charge in [0.1, 0.15) is 0 Å². The molecular weight excluding hydrogens is 338 g/mol. The SMILES string of the molecule is CN(C)C(=O)CCCCC1=C[C@H]2C[C@@H](O)[C@H](C=CC(=O)C3CCCC3)[C@H]2C1. The number of rotatable bonds is 8. The minimum Gasteiger partial charge on any atom is -0.392 e. The molecule has 0 spiro atoms. The van der Waals surface area contributed by atoms with Gasteiger partial charge in [0.25, 0.3) is 0 Å². The molecule has 0 unspecified atom stereocenters. The highest BCUT2D eigenvalue weighted by Gasteiger charge is 2.43. The Hall–Kier alpha value is -1.42. The molecule has 3 rings (SSSR count). The summed E-state index contributed by atoms with van der Waals surface area (Å²) in [5, 5.41) is 10.5. The molecule has 0 radical (unpaired) electrons. The van der Waals surface area contributed by atoms with Crippen molar-refractivity contribution < 1.29 is 14.7 Å². The number of carbonyl (C=O) groups is 2. The number of carbonyl (C=O) groups excluding carboxylic acids is 2. The highest BCUT2D eigenvalue weighted by atomic mass is 16.3. The Balaban J connectivity index is 1.46. The molecule has 3 aliphatic rings. The van der Waals surface area contributed by atoms with E-state index in [1.54, 1.807) is 25.1 Å². The van der Waals surface area contributed by atoms with Gasteiger partial charge in [-0.05, 0) is 62.9 Å². The van der Waals surface area contributed by atoms with E-state index in [0.717, 1.165) is 44.9 Å². The first kappa shape index (κ1) is 20.3. The zero-order valence-corrected chi connectivity index (χ0v) is 16.9. The van der Waals surface area contributed by atoms with Gasteiger partial charge in [0, 0.05) is 32.4 Å². The molecule has 0 bridgehead atoms. The van der Waals surface area contributed by atoms with E-state index in [4.69, 9.17) is 0 Å². The Morgan fingerprint density at radius 3 is 2.67 bits per heavy atom. The van der Waals surface area contributed by atoms with Crippen LogP contribution in [0, 0.1) is 23.7 Å². The minimum atomic E-state index is -0.317. The molecule has 0 aromatic carbocycles. The summed E-state index contributed by atoms with van der Waals surface area (Å²) in [6.07, 6.45) is 15.8. The van der Waals surface area contributed by atoms with Crippen LogP contribution in [0.5, 0.6) is 0 Å². The summed E-state index contributed by atoms with van der Waals surface area (Å²) in [7, 11) is 3.61. The van der Waals surface area contributed by atoms with Crippen molar-refractivity contribution in [3.05, 3.63) is 23.8 Å². The third-order valence-corrected chi connectivity index (χ3v) is 6.83. The van der Waals surface area contributed by atoms with Gasteiger partial charge >= 0.3 is 0 Å². The highest BCUT2D eigenvalue weighted by molar-refractivity contribution is 5.91. The van der Waals surface area contributed by atoms with Crippen LogP contribution in [0.4, 0.5) is 0 Å². The molecule has 1 amide bonds. The zero-order chi connectivity index (χ0) is 19.4. The molecule has 0 heterocycles. The molecule has 0 aromatic rings. The van der Waals surface area contributed by atoms with Gasteiger partial charge in [0.05, 0.1) is 6.10 Å². The lowest BCUT2D eigenvalue weighted by molar-refractivity contribution is -0.128. The lowest BCUT2D eigenvalue weighted by Gasteiger charge is -2.18. The predicted octanol–water partition coefficient (Wildman–Crippen LogP) is 3.89. The van der Waals surface area contributed by atoms with Crippen molar-refractivity contribution in [3.63, 3.8) is 0 Å². The number of amides is 1. The van der Waals surface area contributed by atoms with Crippen LogP contribution in [0.15, 0.2) is 23.8 Å². The molecule has 27 heavy (non-hydrogen) atoms. The number of nitrogens with zero attached hydrogens (tertiary/aromatic N) is 1. The van der Waals surface area contributed by atoms with Crippen molar-refractivity contribution >= 4 is 11.7 Å². The number of fused-ring (bicyclic) bond motifs is 1. The van der Waals surface area contributed by atoms with Gasteiger partial charge in [-0.15, -0.1) is 0 Å². The van der Waals surface area contributed by atoms with Crippen LogP contribution < -0.4 is 0 Å². The van der Waals surface area contributed by atoms with E-state index in [-0.39, 0.29) is 29.6 Å². The number of hydrogen-bond donors (Lipinski definition) is 1. The van der Waals surface area contributed by atoms with E-state index < -0.39 is 0 Å². The van der Waals surface area contributed by atoms with Crippen LogP contribution in [-0.2, 0) is 9.59 Å². The van der Waals surface area contributed by atoms with Crippen LogP contribution in [0.25, 0.3) is 0 Å². The molecule has 150 valence electrons. The van der Waals surface area contributed by atoms with Gasteiger partial charge in [-0.1, -0.05) is 30.6 Å². The summed E-state index contributed by atoms with van der Waals surface area (Å²) in [6.45, 7) is 0. The largest absolute Gasteiger partial charge is 0.392 e. The summed E-state index contributed by atoms with van der Waals surface area (Å²) in [5.74, 6) is 1.70. The summed E-state index contributed by atoms with van der Waals surface area (Å²) < 4.78 is 0. The van der Waals surface area contributed by atoms with E-state index in [1.807, 2.05) is 6.08 Å². The highest BCUT2D eigenvalue weighted by Crippen LogP contribution is 2.48. The van der Waals surface area contributed by atoms with Crippen LogP contribution in [-0.4, -0.2) is 41.9 Å². The van der Waals surface area contributed by atoms with Crippen molar-refractivity contribution in [2.75, 3.05) is 14.1 Å². The summed E-state index contributed by atoms with van der Waals surface area (Å²) in [6, 6.07) is 0. The Labute approximate surface area is 163 Å². The lowest BCUT2D eigenvalue weighted by Crippen LogP contribution is -2.21. The Bertz CT molecular complexity index is 601. The van der Waals surface area contributed by atoms with Gasteiger partial charge < -0.3 is 10.0 Å². The van der Waals surface area contributed by atoms with E-state index in [2.05, 4.69) is 6.08 Å². The molecular formula is C23H35NO3. The van der Waals surface area contributed by atoms with Crippen molar-refractivity contribution in [3.8, 4) is 0 Å². The van der Waals surface area contributed by atoms with Gasteiger partial charge in [0.2, 0.25) is 5.91 Å². The molecule has 0 aliphatic heterocycles. The molecule has 4 atom stereocenters. The summed E-state index contributed by atoms with van der Waals surface area (Å²) in [5.41, 5.74) is 1.48. The number of aliphatic hydroxyl groups excluding tert-OH is 1. The number of unbranched alkanes of at least 4 members (excludes halogenated alkanes) is 1. The first-order valence-electron chi connectivity index (χ1n) is 10.8. The maximum atomic E-state index is 12.3. The average molecular weight is 374 g/mol. The topological polar surface area (TPSA) is 57.6 Å². The third-order valence-electron chi connectivity index (χ3n) is 6.83. The number of ketones is 1. The predicted molar refractivity (Wildman–Crippen MR) is 107 cm³/mol. The number of hydrogen-bond acceptors (Lipinski definition) is 3. The second-order valence-corrected chi connectivity index (χ2v) is 8.98. The second kappa shape index (κ2) is 9.18. The molecule has 0 aromatic heterocycles. The van der Waals surface area contributed by atoms with Crippen molar-refractivity contribution in [1.29, 1.82) is 0 Å². The molecule has 2 fully saturated rings. The Morgan fingerprint density at radius 2 is 1.96 bits per heavy atom. The van der Waals surface area contributed by atoms with Crippen LogP contribution >= 0.6 is 0 Å². The number of allylic oxidation sites excluding steroid dienone is 3. The van der Waals surface area contributed by atoms with Crippen LogP contribution in [0.3, 0.4) is 0 Å². The van der Waals surface area contributed by atoms with E-state index in [9.17, 15) is 14.7 Å². The monoisotopic (exact) mass is 373 g/mol. The quantitative estimate of drug-likeness (QED) is 0.399. The molecule has 1 N–H and O–H groups in total. The van der Waals surface area contributed by atoms with Crippen LogP contribution in [0.2, 0.25) is 0 Å². The van der Waals surface area contributed by atoms with Crippen molar-refractivity contribution in [2.45, 2.75) is 70.3 Å². The first-order chi connectivity index (χ1) is 13.0. The zero-order valence-electron chi connectivity index (χ0n) is 16.9. The van der Waals surface area contributed by atoms with Crippen LogP contribution in [0.1, 0.15) is 64.2 Å². The fourth-order valence-corrected chi connectivity index (χ4v) is 5.19. The Kier molecular flexibility index (Phi) is 6.91. The molecule has 3 aliphatic carbocycles. The van der Waals surface area contributed by atoms with E-state index >= 15 is 0 Å². The summed E-state index contributed by atoms with van der Waals surface area (Å²) in [4.78, 5) is 25.6. The smallest absolute Gasteiger partial charge is 0.222 e. The standard InChI is InChI=1S/C23H35NO3/c1-24(2)23(27)10-6-3-7-16-13-18-15-22(26)19(20(18)14-16)11-12-21(25)17-8-4-5-9-17/h11-13,17-20,22,26H,3-10,14-15H2,1-2H3/t18-,19+,20-,22+/m0/s1. The van der Waals surface area contributed by atoms with Gasteiger partial charge in [-0.2, -0.15) is 0 Å². The van der Waals surface area contributed by atoms with Gasteiger partial charge in [-0.3, -0.25) is 9.59 Å². The Morgan fingerprint density at radius 1 is 1.22 bits per heavy atom. The fourth-order valence-electron chi connectivity index (χ4n) is 5.19. The molecule has 0 saturated heterocycles. The number of aliphatic hydroxyl groups is 1. The van der Waals surface area contributed by atoms with Crippen molar-refractivity contribution in [1.82, 2.24) is 4.90 Å². The summed E-state index contributed by atoms with van der Waals surface area (Å²) >= 11 is 0.